The van der Waals surface area contributed by atoms with E-state index in [9.17, 15) is 9.59 Å². The maximum atomic E-state index is 13.5. The molecule has 1 aromatic heterocycles. The predicted octanol–water partition coefficient (Wildman–Crippen LogP) is 4.18. The Bertz CT molecular complexity index is 1120. The second-order valence-corrected chi connectivity index (χ2v) is 7.93. The highest BCUT2D eigenvalue weighted by atomic mass is 16.5. The Labute approximate surface area is 187 Å². The molecule has 1 saturated heterocycles. The number of oxazole rings is 1. The van der Waals surface area contributed by atoms with Gasteiger partial charge < -0.3 is 19.0 Å². The molecular weight excluding hydrogens is 406 g/mol. The SMILES string of the molecule is CCOC(=O)c1ncoc1-c1ccccc1C(=O)N1CCN(c2cccc(C)c2)[C@@H](C)C1. The number of esters is 1. The van der Waals surface area contributed by atoms with Crippen LogP contribution in [-0.2, 0) is 4.74 Å². The number of carbonyl (C=O) groups is 2. The van der Waals surface area contributed by atoms with Crippen LogP contribution in [0.2, 0.25) is 0 Å². The Morgan fingerprint density at radius 2 is 1.97 bits per heavy atom. The Morgan fingerprint density at radius 3 is 2.72 bits per heavy atom. The van der Waals surface area contributed by atoms with E-state index in [1.54, 1.807) is 19.1 Å². The number of rotatable bonds is 5. The molecule has 3 aromatic rings. The minimum Gasteiger partial charge on any atom is -0.461 e. The molecule has 1 aliphatic rings. The van der Waals surface area contributed by atoms with Crippen molar-refractivity contribution in [3.05, 3.63) is 71.7 Å². The molecule has 0 spiro atoms. The summed E-state index contributed by atoms with van der Waals surface area (Å²) in [5.41, 5.74) is 3.47. The fraction of sp³-hybridized carbons (Fsp3) is 0.320. The fourth-order valence-corrected chi connectivity index (χ4v) is 4.15. The number of amides is 1. The molecular formula is C25H27N3O4. The molecule has 0 N–H and O–H groups in total. The van der Waals surface area contributed by atoms with Crippen LogP contribution in [0.15, 0.2) is 59.3 Å². The largest absolute Gasteiger partial charge is 0.461 e. The third kappa shape index (κ3) is 4.23. The summed E-state index contributed by atoms with van der Waals surface area (Å²) >= 11 is 0. The van der Waals surface area contributed by atoms with Gasteiger partial charge in [0.2, 0.25) is 0 Å². The fourth-order valence-electron chi connectivity index (χ4n) is 4.15. The average Bonchev–Trinajstić information content (AvgIpc) is 3.28. The first-order valence-corrected chi connectivity index (χ1v) is 10.8. The van der Waals surface area contributed by atoms with Crippen LogP contribution in [0.3, 0.4) is 0 Å². The standard InChI is InChI=1S/C25H27N3O4/c1-4-31-25(30)22-23(32-16-26-22)20-10-5-6-11-21(20)24(29)27-12-13-28(18(3)15-27)19-9-7-8-17(2)14-19/h5-11,14,16,18H,4,12-13,15H2,1-3H3/t18-/m0/s1. The van der Waals surface area contributed by atoms with Crippen molar-refractivity contribution < 1.29 is 18.7 Å². The zero-order valence-electron chi connectivity index (χ0n) is 18.6. The van der Waals surface area contributed by atoms with Gasteiger partial charge in [0.25, 0.3) is 5.91 Å². The van der Waals surface area contributed by atoms with Gasteiger partial charge in [0.05, 0.1) is 12.2 Å². The molecule has 1 fully saturated rings. The van der Waals surface area contributed by atoms with E-state index in [1.165, 1.54) is 17.6 Å². The number of hydrogen-bond acceptors (Lipinski definition) is 6. The summed E-state index contributed by atoms with van der Waals surface area (Å²) in [5.74, 6) is -0.416. The molecule has 1 atom stereocenters. The van der Waals surface area contributed by atoms with E-state index in [0.29, 0.717) is 24.2 Å². The minimum atomic E-state index is -0.570. The first-order valence-electron chi connectivity index (χ1n) is 10.8. The molecule has 0 bridgehead atoms. The summed E-state index contributed by atoms with van der Waals surface area (Å²) in [7, 11) is 0. The van der Waals surface area contributed by atoms with E-state index in [0.717, 1.165) is 6.54 Å². The second kappa shape index (κ2) is 9.26. The summed E-state index contributed by atoms with van der Waals surface area (Å²) in [6.07, 6.45) is 1.20. The first kappa shape index (κ1) is 21.6. The van der Waals surface area contributed by atoms with Gasteiger partial charge in [-0.3, -0.25) is 4.79 Å². The van der Waals surface area contributed by atoms with E-state index in [1.807, 2.05) is 17.0 Å². The summed E-state index contributed by atoms with van der Waals surface area (Å²) < 4.78 is 10.6. The van der Waals surface area contributed by atoms with Crippen LogP contribution in [0.25, 0.3) is 11.3 Å². The van der Waals surface area contributed by atoms with Crippen molar-refractivity contribution in [2.24, 2.45) is 0 Å². The number of hydrogen-bond donors (Lipinski definition) is 0. The van der Waals surface area contributed by atoms with Crippen LogP contribution in [0.5, 0.6) is 0 Å². The molecule has 1 aliphatic heterocycles. The lowest BCUT2D eigenvalue weighted by Gasteiger charge is -2.41. The van der Waals surface area contributed by atoms with Crippen molar-refractivity contribution in [1.82, 2.24) is 9.88 Å². The monoisotopic (exact) mass is 433 g/mol. The van der Waals surface area contributed by atoms with Crippen LogP contribution in [0.1, 0.15) is 40.3 Å². The first-order chi connectivity index (χ1) is 15.5. The summed E-state index contributed by atoms with van der Waals surface area (Å²) in [4.78, 5) is 34.0. The highest BCUT2D eigenvalue weighted by molar-refractivity contribution is 6.03. The molecule has 166 valence electrons. The van der Waals surface area contributed by atoms with Gasteiger partial charge >= 0.3 is 5.97 Å². The Balaban J connectivity index is 1.57. The smallest absolute Gasteiger partial charge is 0.360 e. The molecule has 0 saturated carbocycles. The molecule has 0 unspecified atom stereocenters. The topological polar surface area (TPSA) is 75.9 Å². The van der Waals surface area contributed by atoms with E-state index in [-0.39, 0.29) is 30.0 Å². The van der Waals surface area contributed by atoms with Gasteiger partial charge in [0.1, 0.15) is 0 Å². The van der Waals surface area contributed by atoms with Crippen LogP contribution in [0.4, 0.5) is 5.69 Å². The molecule has 4 rings (SSSR count). The van der Waals surface area contributed by atoms with E-state index < -0.39 is 5.97 Å². The van der Waals surface area contributed by atoms with Gasteiger partial charge in [-0.25, -0.2) is 9.78 Å². The molecule has 2 aromatic carbocycles. The lowest BCUT2D eigenvalue weighted by atomic mass is 10.0. The van der Waals surface area contributed by atoms with Crippen molar-refractivity contribution in [3.8, 4) is 11.3 Å². The summed E-state index contributed by atoms with van der Waals surface area (Å²) in [5, 5.41) is 0. The second-order valence-electron chi connectivity index (χ2n) is 7.93. The van der Waals surface area contributed by atoms with Crippen molar-refractivity contribution in [3.63, 3.8) is 0 Å². The number of aromatic nitrogens is 1. The predicted molar refractivity (Wildman–Crippen MR) is 122 cm³/mol. The lowest BCUT2D eigenvalue weighted by molar-refractivity contribution is 0.0520. The number of carbonyl (C=O) groups excluding carboxylic acids is 2. The average molecular weight is 434 g/mol. The normalized spacial score (nSPS) is 16.2. The van der Waals surface area contributed by atoms with E-state index >= 15 is 0 Å². The molecule has 7 heteroatoms. The third-order valence-electron chi connectivity index (χ3n) is 5.69. The van der Waals surface area contributed by atoms with Gasteiger partial charge in [-0.1, -0.05) is 30.3 Å². The molecule has 0 aliphatic carbocycles. The maximum Gasteiger partial charge on any atom is 0.360 e. The van der Waals surface area contributed by atoms with Gasteiger partial charge in [-0.05, 0) is 44.5 Å². The Hall–Kier alpha value is -3.61. The van der Waals surface area contributed by atoms with Crippen molar-refractivity contribution in [1.29, 1.82) is 0 Å². The summed E-state index contributed by atoms with van der Waals surface area (Å²) in [6.45, 7) is 8.12. The zero-order chi connectivity index (χ0) is 22.7. The lowest BCUT2D eigenvalue weighted by Crippen LogP contribution is -2.53. The number of ether oxygens (including phenoxy) is 1. The number of aryl methyl sites for hydroxylation is 1. The zero-order valence-corrected chi connectivity index (χ0v) is 18.6. The van der Waals surface area contributed by atoms with Crippen LogP contribution in [0, 0.1) is 6.92 Å². The van der Waals surface area contributed by atoms with Crippen LogP contribution < -0.4 is 4.90 Å². The highest BCUT2D eigenvalue weighted by Gasteiger charge is 2.30. The number of piperazine rings is 1. The maximum absolute atomic E-state index is 13.5. The van der Waals surface area contributed by atoms with Gasteiger partial charge in [0, 0.05) is 36.9 Å². The number of benzene rings is 2. The van der Waals surface area contributed by atoms with Crippen molar-refractivity contribution >= 4 is 17.6 Å². The van der Waals surface area contributed by atoms with E-state index in [2.05, 4.69) is 48.0 Å². The van der Waals surface area contributed by atoms with Crippen LogP contribution in [-0.4, -0.2) is 54.0 Å². The molecule has 7 nitrogen and oxygen atoms in total. The third-order valence-corrected chi connectivity index (χ3v) is 5.69. The van der Waals surface area contributed by atoms with E-state index in [4.69, 9.17) is 9.15 Å². The Morgan fingerprint density at radius 1 is 1.16 bits per heavy atom. The molecule has 1 amide bonds. The molecule has 0 radical (unpaired) electrons. The van der Waals surface area contributed by atoms with Gasteiger partial charge in [-0.2, -0.15) is 0 Å². The minimum absolute atomic E-state index is 0.0738. The summed E-state index contributed by atoms with van der Waals surface area (Å²) in [6, 6.07) is 15.7. The number of anilines is 1. The Kier molecular flexibility index (Phi) is 6.25. The quantitative estimate of drug-likeness (QED) is 0.562. The molecule has 32 heavy (non-hydrogen) atoms. The van der Waals surface area contributed by atoms with Crippen molar-refractivity contribution in [2.45, 2.75) is 26.8 Å². The van der Waals surface area contributed by atoms with Gasteiger partial charge in [0.15, 0.2) is 17.8 Å². The highest BCUT2D eigenvalue weighted by Crippen LogP contribution is 2.29. The molecule has 2 heterocycles. The van der Waals surface area contributed by atoms with Gasteiger partial charge in [-0.15, -0.1) is 0 Å². The van der Waals surface area contributed by atoms with Crippen molar-refractivity contribution in [2.75, 3.05) is 31.1 Å². The number of nitrogens with zero attached hydrogens (tertiary/aromatic N) is 3. The van der Waals surface area contributed by atoms with Crippen LogP contribution >= 0.6 is 0 Å².